The van der Waals surface area contributed by atoms with Gasteiger partial charge in [0, 0.05) is 12.8 Å². The molecule has 0 saturated carbocycles. The fourth-order valence-corrected chi connectivity index (χ4v) is 12.2. The molecule has 2 unspecified atom stereocenters. The third-order valence-electron chi connectivity index (χ3n) is 17.9. The highest BCUT2D eigenvalue weighted by atomic mass is 16.5. The number of hydrogen-bond acceptors (Lipinski definition) is 5. The van der Waals surface area contributed by atoms with Gasteiger partial charge in [0.15, 0.2) is 0 Å². The molecule has 6 nitrogen and oxygen atoms in total. The van der Waals surface area contributed by atoms with Crippen molar-refractivity contribution in [2.24, 2.45) is 0 Å². The lowest BCUT2D eigenvalue weighted by Gasteiger charge is -2.22. The molecular weight excluding hydrogens is 983 g/mol. The third-order valence-corrected chi connectivity index (χ3v) is 17.9. The van der Waals surface area contributed by atoms with Crippen molar-refractivity contribution in [2.45, 2.75) is 450 Å². The molecule has 0 rings (SSSR count). The Bertz CT molecular complexity index is 1160. The van der Waals surface area contributed by atoms with E-state index in [4.69, 9.17) is 4.74 Å². The van der Waals surface area contributed by atoms with Crippen molar-refractivity contribution in [3.8, 4) is 0 Å². The molecule has 0 spiro atoms. The molecule has 2 atom stereocenters. The van der Waals surface area contributed by atoms with Crippen LogP contribution < -0.4 is 5.32 Å². The summed E-state index contributed by atoms with van der Waals surface area (Å²) in [5, 5.41) is 23.4. The maximum Gasteiger partial charge on any atom is 0.305 e. The van der Waals surface area contributed by atoms with Gasteiger partial charge in [0.2, 0.25) is 5.91 Å². The molecule has 0 radical (unpaired) electrons. The minimum absolute atomic E-state index is 0.0240. The lowest BCUT2D eigenvalue weighted by molar-refractivity contribution is -0.143. The first-order chi connectivity index (χ1) is 39.5. The molecule has 0 bridgehead atoms. The van der Waals surface area contributed by atoms with Gasteiger partial charge in [-0.2, -0.15) is 0 Å². The Morgan fingerprint density at radius 3 is 0.762 bits per heavy atom. The number of aliphatic hydroxyl groups excluding tert-OH is 2. The zero-order valence-electron chi connectivity index (χ0n) is 54.9. The summed E-state index contributed by atoms with van der Waals surface area (Å²) in [5.74, 6) is -0.00137. The van der Waals surface area contributed by atoms with Crippen LogP contribution in [-0.4, -0.2) is 47.4 Å². The topological polar surface area (TPSA) is 95.9 Å². The minimum atomic E-state index is -0.660. The molecule has 0 aromatic rings. The first kappa shape index (κ1) is 78.9. The van der Waals surface area contributed by atoms with Crippen LogP contribution in [-0.2, 0) is 14.3 Å². The van der Waals surface area contributed by atoms with Gasteiger partial charge < -0.3 is 20.3 Å². The number of esters is 1. The molecule has 0 heterocycles. The Labute approximate surface area is 502 Å². The molecule has 0 aliphatic rings. The van der Waals surface area contributed by atoms with Gasteiger partial charge in [-0.15, -0.1) is 0 Å². The number of aliphatic hydroxyl groups is 2. The number of nitrogens with one attached hydrogen (secondary N) is 1. The summed E-state index contributed by atoms with van der Waals surface area (Å²) in [6.45, 7) is 5.01. The molecule has 0 saturated heterocycles. The number of hydrogen-bond donors (Lipinski definition) is 3. The van der Waals surface area contributed by atoms with Crippen molar-refractivity contribution in [1.29, 1.82) is 0 Å². The maximum atomic E-state index is 12.5. The Hall–Kier alpha value is -1.14. The van der Waals surface area contributed by atoms with Crippen molar-refractivity contribution >= 4 is 11.9 Å². The van der Waals surface area contributed by atoms with E-state index in [9.17, 15) is 19.8 Å². The molecular formula is C74H147NO5. The summed E-state index contributed by atoms with van der Waals surface area (Å²) >= 11 is 0. The van der Waals surface area contributed by atoms with Gasteiger partial charge >= 0.3 is 5.97 Å². The second kappa shape index (κ2) is 70.3. The molecule has 3 N–H and O–H groups in total. The minimum Gasteiger partial charge on any atom is -0.466 e. The average molecular weight is 1130 g/mol. The fraction of sp³-hybridized carbons (Fsp3) is 0.973. The van der Waals surface area contributed by atoms with Gasteiger partial charge in [0.25, 0.3) is 0 Å². The van der Waals surface area contributed by atoms with Crippen molar-refractivity contribution in [3.63, 3.8) is 0 Å². The van der Waals surface area contributed by atoms with E-state index < -0.39 is 12.1 Å². The largest absolute Gasteiger partial charge is 0.466 e. The van der Waals surface area contributed by atoms with Crippen molar-refractivity contribution in [3.05, 3.63) is 0 Å². The Morgan fingerprint density at radius 2 is 0.512 bits per heavy atom. The SMILES string of the molecule is CCCCCCCCCCCCCCCCCCCCC(O)C(CO)NC(=O)CCCCCCCCCCCCCCCCCCCCCCCCCCCCCCCCCCOC(=O)CCCCCCCCCCCCCCC. The van der Waals surface area contributed by atoms with Crippen LogP contribution in [0.1, 0.15) is 438 Å². The third kappa shape index (κ3) is 66.0. The van der Waals surface area contributed by atoms with Crippen molar-refractivity contribution < 1.29 is 24.5 Å². The van der Waals surface area contributed by atoms with Crippen LogP contribution in [0.3, 0.4) is 0 Å². The average Bonchev–Trinajstić information content (AvgIpc) is 3.46. The van der Waals surface area contributed by atoms with Gasteiger partial charge in [-0.25, -0.2) is 0 Å². The Morgan fingerprint density at radius 1 is 0.300 bits per heavy atom. The van der Waals surface area contributed by atoms with Crippen LogP contribution in [0.4, 0.5) is 0 Å². The Kier molecular flexibility index (Phi) is 69.3. The second-order valence-electron chi connectivity index (χ2n) is 26.0. The van der Waals surface area contributed by atoms with Gasteiger partial charge in [0.1, 0.15) is 0 Å². The van der Waals surface area contributed by atoms with Crippen LogP contribution in [0.15, 0.2) is 0 Å². The van der Waals surface area contributed by atoms with Crippen molar-refractivity contribution in [1.82, 2.24) is 5.32 Å². The fourth-order valence-electron chi connectivity index (χ4n) is 12.2. The summed E-state index contributed by atoms with van der Waals surface area (Å²) in [4.78, 5) is 24.6. The maximum absolute atomic E-state index is 12.5. The highest BCUT2D eigenvalue weighted by Crippen LogP contribution is 2.20. The molecule has 1 amide bonds. The quantitative estimate of drug-likeness (QED) is 0.0417. The van der Waals surface area contributed by atoms with Crippen LogP contribution in [0.25, 0.3) is 0 Å². The molecule has 478 valence electrons. The summed E-state index contributed by atoms with van der Waals surface area (Å²) < 4.78 is 5.49. The smallest absolute Gasteiger partial charge is 0.305 e. The van der Waals surface area contributed by atoms with E-state index in [1.165, 1.54) is 366 Å². The standard InChI is InChI=1S/C74H147NO5/c1-3-5-7-9-11-13-15-17-18-19-36-39-43-46-50-54-58-62-66-72(77)71(70-76)75-73(78)67-63-59-55-51-47-44-40-37-34-32-30-28-26-24-22-20-21-23-25-27-29-31-33-35-38-41-45-49-53-57-61-65-69-80-74(79)68-64-60-56-52-48-42-16-14-12-10-8-6-4-2/h71-72,76-77H,3-70H2,1-2H3,(H,75,78). The molecule has 0 aliphatic carbocycles. The van der Waals surface area contributed by atoms with E-state index in [1.807, 2.05) is 0 Å². The first-order valence-corrected chi connectivity index (χ1v) is 37.3. The van der Waals surface area contributed by atoms with Gasteiger partial charge in [-0.3, -0.25) is 9.59 Å². The summed E-state index contributed by atoms with van der Waals surface area (Å²) in [7, 11) is 0. The van der Waals surface area contributed by atoms with E-state index >= 15 is 0 Å². The molecule has 0 aromatic carbocycles. The number of rotatable bonds is 71. The summed E-state index contributed by atoms with van der Waals surface area (Å²) in [6, 6.07) is -0.537. The van der Waals surface area contributed by atoms with E-state index in [0.717, 1.165) is 38.5 Å². The molecule has 80 heavy (non-hydrogen) atoms. The van der Waals surface area contributed by atoms with Crippen LogP contribution in [0.5, 0.6) is 0 Å². The zero-order chi connectivity index (χ0) is 57.8. The van der Waals surface area contributed by atoms with Crippen molar-refractivity contribution in [2.75, 3.05) is 13.2 Å². The van der Waals surface area contributed by atoms with E-state index in [-0.39, 0.29) is 18.5 Å². The highest BCUT2D eigenvalue weighted by Gasteiger charge is 2.20. The van der Waals surface area contributed by atoms with Gasteiger partial charge in [0.05, 0.1) is 25.4 Å². The van der Waals surface area contributed by atoms with E-state index in [1.54, 1.807) is 0 Å². The molecule has 0 aliphatic heterocycles. The number of unbranched alkanes of at least 4 members (excludes halogenated alkanes) is 60. The van der Waals surface area contributed by atoms with E-state index in [2.05, 4.69) is 19.2 Å². The zero-order valence-corrected chi connectivity index (χ0v) is 54.9. The lowest BCUT2D eigenvalue weighted by Crippen LogP contribution is -2.45. The highest BCUT2D eigenvalue weighted by molar-refractivity contribution is 5.76. The number of ether oxygens (including phenoxy) is 1. The van der Waals surface area contributed by atoms with Gasteiger partial charge in [-0.05, 0) is 25.7 Å². The van der Waals surface area contributed by atoms with Crippen LogP contribution >= 0.6 is 0 Å². The number of carbonyl (C=O) groups excluding carboxylic acids is 2. The van der Waals surface area contributed by atoms with E-state index in [0.29, 0.717) is 25.9 Å². The number of amides is 1. The lowest BCUT2D eigenvalue weighted by atomic mass is 10.0. The second-order valence-corrected chi connectivity index (χ2v) is 26.0. The predicted octanol–water partition coefficient (Wildman–Crippen LogP) is 24.2. The first-order valence-electron chi connectivity index (χ1n) is 37.3. The summed E-state index contributed by atoms with van der Waals surface area (Å²) in [6.07, 6.45) is 86.0. The molecule has 0 fully saturated rings. The van der Waals surface area contributed by atoms with Crippen LogP contribution in [0, 0.1) is 0 Å². The number of carbonyl (C=O) groups is 2. The van der Waals surface area contributed by atoms with Gasteiger partial charge in [-0.1, -0.05) is 399 Å². The Balaban J connectivity index is 3.31. The summed E-state index contributed by atoms with van der Waals surface area (Å²) in [5.41, 5.74) is 0. The monoisotopic (exact) mass is 1130 g/mol. The molecule has 0 aromatic heterocycles. The van der Waals surface area contributed by atoms with Crippen LogP contribution in [0.2, 0.25) is 0 Å². The normalized spacial score (nSPS) is 12.4. The molecule has 6 heteroatoms. The predicted molar refractivity (Wildman–Crippen MR) is 352 cm³/mol.